The quantitative estimate of drug-likeness (QED) is 0.746. The molecule has 8 heteroatoms. The SMILES string of the molecule is Nc1c(Cl)cc2c(c1C(=O)O)OC(F)(F)O2. The number of hydrogen-bond acceptors (Lipinski definition) is 4. The van der Waals surface area contributed by atoms with Gasteiger partial charge in [0.15, 0.2) is 11.5 Å². The molecule has 1 aliphatic heterocycles. The van der Waals surface area contributed by atoms with Crippen molar-refractivity contribution in [1.29, 1.82) is 0 Å². The van der Waals surface area contributed by atoms with E-state index in [1.807, 2.05) is 0 Å². The van der Waals surface area contributed by atoms with Gasteiger partial charge in [-0.2, -0.15) is 0 Å². The summed E-state index contributed by atoms with van der Waals surface area (Å²) in [6.45, 7) is 0. The standard InChI is InChI=1S/C8H4ClF2NO4/c9-2-1-3-6(16-8(10,11)15-3)4(5(2)12)7(13)14/h1H,12H2,(H,13,14). The van der Waals surface area contributed by atoms with Crippen LogP contribution in [-0.4, -0.2) is 17.4 Å². The van der Waals surface area contributed by atoms with Gasteiger partial charge in [-0.3, -0.25) is 0 Å². The molecule has 1 aromatic rings. The van der Waals surface area contributed by atoms with Crippen molar-refractivity contribution in [3.05, 3.63) is 16.7 Å². The molecule has 1 aromatic carbocycles. The molecule has 1 aliphatic rings. The summed E-state index contributed by atoms with van der Waals surface area (Å²) in [4.78, 5) is 10.8. The summed E-state index contributed by atoms with van der Waals surface area (Å²) in [5, 5.41) is 8.61. The number of carboxylic acid groups (broad SMARTS) is 1. The normalized spacial score (nSPS) is 16.2. The molecule has 3 N–H and O–H groups in total. The second-order valence-electron chi connectivity index (χ2n) is 2.95. The van der Waals surface area contributed by atoms with E-state index in [1.165, 1.54) is 0 Å². The van der Waals surface area contributed by atoms with Crippen LogP contribution in [0.3, 0.4) is 0 Å². The molecule has 86 valence electrons. The first-order valence-corrected chi connectivity index (χ1v) is 4.31. The number of carboxylic acids is 1. The fraction of sp³-hybridized carbons (Fsp3) is 0.125. The van der Waals surface area contributed by atoms with Crippen LogP contribution in [0.25, 0.3) is 0 Å². The van der Waals surface area contributed by atoms with Crippen LogP contribution in [0.2, 0.25) is 5.02 Å². The number of rotatable bonds is 1. The van der Waals surface area contributed by atoms with Crippen LogP contribution in [0, 0.1) is 0 Å². The highest BCUT2D eigenvalue weighted by atomic mass is 35.5. The van der Waals surface area contributed by atoms with Crippen LogP contribution in [0.15, 0.2) is 6.07 Å². The lowest BCUT2D eigenvalue weighted by Gasteiger charge is -2.06. The number of fused-ring (bicyclic) bond motifs is 1. The Morgan fingerprint density at radius 1 is 1.50 bits per heavy atom. The Balaban J connectivity index is 2.68. The molecule has 0 bridgehead atoms. The molecule has 5 nitrogen and oxygen atoms in total. The van der Waals surface area contributed by atoms with E-state index in [1.54, 1.807) is 0 Å². The number of nitrogens with two attached hydrogens (primary N) is 1. The maximum atomic E-state index is 12.7. The van der Waals surface area contributed by atoms with Crippen LogP contribution in [0.5, 0.6) is 11.5 Å². The van der Waals surface area contributed by atoms with Crippen LogP contribution >= 0.6 is 11.6 Å². The molecule has 0 aromatic heterocycles. The van der Waals surface area contributed by atoms with E-state index in [4.69, 9.17) is 22.4 Å². The Bertz CT molecular complexity index is 491. The van der Waals surface area contributed by atoms with Gasteiger partial charge in [0.05, 0.1) is 10.7 Å². The van der Waals surface area contributed by atoms with Gasteiger partial charge < -0.3 is 20.3 Å². The minimum atomic E-state index is -3.91. The third-order valence-electron chi connectivity index (χ3n) is 1.90. The highest BCUT2D eigenvalue weighted by Crippen LogP contribution is 2.47. The summed E-state index contributed by atoms with van der Waals surface area (Å²) < 4.78 is 33.6. The van der Waals surface area contributed by atoms with Gasteiger partial charge in [0.2, 0.25) is 0 Å². The third kappa shape index (κ3) is 1.49. The van der Waals surface area contributed by atoms with E-state index in [9.17, 15) is 13.6 Å². The molecule has 0 spiro atoms. The van der Waals surface area contributed by atoms with Crippen molar-refractivity contribution in [1.82, 2.24) is 0 Å². The number of nitrogen functional groups attached to an aromatic ring is 1. The zero-order valence-corrected chi connectivity index (χ0v) is 8.22. The largest absolute Gasteiger partial charge is 0.586 e. The number of anilines is 1. The van der Waals surface area contributed by atoms with Crippen LogP contribution in [-0.2, 0) is 0 Å². The molecule has 2 rings (SSSR count). The van der Waals surface area contributed by atoms with E-state index in [0.717, 1.165) is 6.07 Å². The monoisotopic (exact) mass is 251 g/mol. The minimum Gasteiger partial charge on any atom is -0.477 e. The lowest BCUT2D eigenvalue weighted by molar-refractivity contribution is -0.286. The van der Waals surface area contributed by atoms with Gasteiger partial charge in [-0.25, -0.2) is 4.79 Å². The fourth-order valence-electron chi connectivity index (χ4n) is 1.28. The Morgan fingerprint density at radius 2 is 2.12 bits per heavy atom. The number of hydrogen-bond donors (Lipinski definition) is 2. The van der Waals surface area contributed by atoms with Gasteiger partial charge in [-0.1, -0.05) is 11.6 Å². The number of ether oxygens (including phenoxy) is 2. The highest BCUT2D eigenvalue weighted by Gasteiger charge is 2.46. The first-order chi connectivity index (χ1) is 7.32. The van der Waals surface area contributed by atoms with Crippen LogP contribution in [0.4, 0.5) is 14.5 Å². The van der Waals surface area contributed by atoms with Crippen LogP contribution in [0.1, 0.15) is 10.4 Å². The molecule has 0 unspecified atom stereocenters. The van der Waals surface area contributed by atoms with E-state index in [0.29, 0.717) is 0 Å². The number of carbonyl (C=O) groups is 1. The number of halogens is 3. The zero-order chi connectivity index (χ0) is 12.1. The Hall–Kier alpha value is -1.76. The van der Waals surface area contributed by atoms with E-state index < -0.39 is 29.3 Å². The molecule has 0 radical (unpaired) electrons. The van der Waals surface area contributed by atoms with Crippen molar-refractivity contribution in [3.8, 4) is 11.5 Å². The Morgan fingerprint density at radius 3 is 2.69 bits per heavy atom. The average Bonchev–Trinajstić information content (AvgIpc) is 2.40. The van der Waals surface area contributed by atoms with E-state index in [-0.39, 0.29) is 10.7 Å². The molecule has 0 saturated carbocycles. The van der Waals surface area contributed by atoms with E-state index in [2.05, 4.69) is 9.47 Å². The summed E-state index contributed by atoms with van der Waals surface area (Å²) in [6, 6.07) is 0.972. The maximum Gasteiger partial charge on any atom is 0.586 e. The lowest BCUT2D eigenvalue weighted by Crippen LogP contribution is -2.26. The molecule has 16 heavy (non-hydrogen) atoms. The van der Waals surface area contributed by atoms with Gasteiger partial charge >= 0.3 is 12.3 Å². The predicted octanol–water partition coefficient (Wildman–Crippen LogP) is 1.94. The van der Waals surface area contributed by atoms with Gasteiger partial charge in [-0.15, -0.1) is 8.78 Å². The molecule has 0 atom stereocenters. The van der Waals surface area contributed by atoms with Crippen molar-refractivity contribution in [2.24, 2.45) is 0 Å². The average molecular weight is 252 g/mol. The second kappa shape index (κ2) is 3.11. The molecular weight excluding hydrogens is 248 g/mol. The maximum absolute atomic E-state index is 12.7. The fourth-order valence-corrected chi connectivity index (χ4v) is 1.47. The van der Waals surface area contributed by atoms with Gasteiger partial charge in [0.1, 0.15) is 5.56 Å². The highest BCUT2D eigenvalue weighted by molar-refractivity contribution is 6.34. The van der Waals surface area contributed by atoms with Crippen molar-refractivity contribution in [3.63, 3.8) is 0 Å². The zero-order valence-electron chi connectivity index (χ0n) is 7.46. The minimum absolute atomic E-state index is 0.197. The Kier molecular flexibility index (Phi) is 2.09. The number of alkyl halides is 2. The molecule has 0 aliphatic carbocycles. The lowest BCUT2D eigenvalue weighted by atomic mass is 10.1. The first-order valence-electron chi connectivity index (χ1n) is 3.93. The van der Waals surface area contributed by atoms with Crippen molar-refractivity contribution in [2.45, 2.75) is 6.29 Å². The van der Waals surface area contributed by atoms with Crippen molar-refractivity contribution in [2.75, 3.05) is 5.73 Å². The van der Waals surface area contributed by atoms with Gasteiger partial charge in [0.25, 0.3) is 0 Å². The van der Waals surface area contributed by atoms with Crippen LogP contribution < -0.4 is 15.2 Å². The topological polar surface area (TPSA) is 81.8 Å². The molecular formula is C8H4ClF2NO4. The van der Waals surface area contributed by atoms with Gasteiger partial charge in [-0.05, 0) is 0 Å². The third-order valence-corrected chi connectivity index (χ3v) is 2.21. The summed E-state index contributed by atoms with van der Waals surface area (Å²) in [7, 11) is 0. The van der Waals surface area contributed by atoms with E-state index >= 15 is 0 Å². The second-order valence-corrected chi connectivity index (χ2v) is 3.35. The Labute approximate surface area is 92.3 Å². The summed E-state index contributed by atoms with van der Waals surface area (Å²) in [5.41, 5.74) is 4.36. The predicted molar refractivity (Wildman–Crippen MR) is 49.0 cm³/mol. The van der Waals surface area contributed by atoms with Gasteiger partial charge in [0, 0.05) is 6.07 Å². The number of aromatic carboxylic acids is 1. The summed E-state index contributed by atoms with van der Waals surface area (Å²) >= 11 is 5.57. The first kappa shape index (κ1) is 10.7. The summed E-state index contributed by atoms with van der Waals surface area (Å²) in [6.07, 6.45) is -3.91. The van der Waals surface area contributed by atoms with Crippen molar-refractivity contribution >= 4 is 23.3 Å². The van der Waals surface area contributed by atoms with Crippen molar-refractivity contribution < 1.29 is 28.2 Å². The summed E-state index contributed by atoms with van der Waals surface area (Å²) in [5.74, 6) is -2.61. The molecule has 0 amide bonds. The number of benzene rings is 1. The molecule has 0 saturated heterocycles. The molecule has 1 heterocycles. The smallest absolute Gasteiger partial charge is 0.477 e. The molecule has 0 fully saturated rings.